The first kappa shape index (κ1) is 24.4. The fourth-order valence-corrected chi connectivity index (χ4v) is 8.40. The predicted molar refractivity (Wildman–Crippen MR) is 142 cm³/mol. The third-order valence-electron chi connectivity index (χ3n) is 7.83. The quantitative estimate of drug-likeness (QED) is 0.282. The van der Waals surface area contributed by atoms with E-state index in [0.717, 1.165) is 38.6 Å². The maximum absolute atomic E-state index is 12.3. The van der Waals surface area contributed by atoms with Gasteiger partial charge in [0.15, 0.2) is 8.32 Å². The number of carbonyl (C=O) groups excluding carboxylic acids is 1. The molecule has 0 spiro atoms. The molecule has 2 aromatic heterocycles. The zero-order valence-electron chi connectivity index (χ0n) is 19.9. The lowest BCUT2D eigenvalue weighted by atomic mass is 9.84. The average molecular weight is 586 g/mol. The van der Waals surface area contributed by atoms with Crippen molar-refractivity contribution in [3.05, 3.63) is 38.6 Å². The van der Waals surface area contributed by atoms with Gasteiger partial charge in [-0.15, -0.1) is 11.3 Å². The number of amides is 1. The molecule has 2 aliphatic rings. The second-order valence-electron chi connectivity index (χ2n) is 10.9. The summed E-state index contributed by atoms with van der Waals surface area (Å²) < 4.78 is 10.8. The Morgan fingerprint density at radius 1 is 1.34 bits per heavy atom. The third-order valence-corrected chi connectivity index (χ3v) is 14.7. The molecule has 4 rings (SSSR count). The lowest BCUT2D eigenvalue weighted by Gasteiger charge is -2.45. The molecule has 0 N–H and O–H groups in total. The molecule has 0 saturated carbocycles. The van der Waals surface area contributed by atoms with E-state index in [9.17, 15) is 4.79 Å². The van der Waals surface area contributed by atoms with Crippen LogP contribution in [0.2, 0.25) is 18.1 Å². The second-order valence-corrected chi connectivity index (χ2v) is 17.7. The van der Waals surface area contributed by atoms with Crippen molar-refractivity contribution in [2.45, 2.75) is 89.2 Å². The van der Waals surface area contributed by atoms with Crippen LogP contribution < -0.4 is 0 Å². The van der Waals surface area contributed by atoms with E-state index in [-0.39, 0.29) is 17.2 Å². The van der Waals surface area contributed by atoms with Gasteiger partial charge in [0.25, 0.3) is 0 Å². The predicted octanol–water partition coefficient (Wildman–Crippen LogP) is 6.32. The Hall–Kier alpha value is -0.713. The van der Waals surface area contributed by atoms with Crippen molar-refractivity contribution in [2.75, 3.05) is 6.54 Å². The van der Waals surface area contributed by atoms with Gasteiger partial charge < -0.3 is 13.9 Å². The fraction of sp³-hybridized carbons (Fsp3) is 0.667. The van der Waals surface area contributed by atoms with Crippen LogP contribution in [0.3, 0.4) is 0 Å². The Kier molecular flexibility index (Phi) is 7.25. The maximum Gasteiger partial charge on any atom is 0.222 e. The van der Waals surface area contributed by atoms with Gasteiger partial charge in [0, 0.05) is 39.8 Å². The molecule has 4 heterocycles. The summed E-state index contributed by atoms with van der Waals surface area (Å²) in [7, 11) is -1.95. The fourth-order valence-electron chi connectivity index (χ4n) is 4.93. The highest BCUT2D eigenvalue weighted by Crippen LogP contribution is 2.43. The number of carbonyl (C=O) groups is 1. The molecule has 32 heavy (non-hydrogen) atoms. The molecule has 0 bridgehead atoms. The van der Waals surface area contributed by atoms with Crippen LogP contribution in [0.5, 0.6) is 0 Å². The van der Waals surface area contributed by atoms with Gasteiger partial charge >= 0.3 is 0 Å². The number of halogens is 1. The summed E-state index contributed by atoms with van der Waals surface area (Å²) >= 11 is 4.29. The minimum absolute atomic E-state index is 0.164. The van der Waals surface area contributed by atoms with Gasteiger partial charge in [0.2, 0.25) is 5.91 Å². The zero-order valence-corrected chi connectivity index (χ0v) is 23.9. The summed E-state index contributed by atoms with van der Waals surface area (Å²) in [4.78, 5) is 20.1. The number of hydrogen-bond acceptors (Lipinski definition) is 4. The standard InChI is InChI=1S/C24H36IN3O2SSi/c1-24(2,3)32(4,5)30-21(17-8-11-28-18(14-17)6-7-22(28)29)15-20(27-12-10-26-16-27)23-19(25)9-13-31-23/h9-10,12-13,16-18,20-21H,6-8,11,14-15H2,1-5H3/t17-,18-,20?,21-/m0/s1. The summed E-state index contributed by atoms with van der Waals surface area (Å²) in [6, 6.07) is 2.83. The maximum atomic E-state index is 12.3. The minimum Gasteiger partial charge on any atom is -0.414 e. The normalized spacial score (nSPS) is 23.9. The number of piperidine rings is 1. The smallest absolute Gasteiger partial charge is 0.222 e. The Labute approximate surface area is 211 Å². The van der Waals surface area contributed by atoms with Crippen LogP contribution >= 0.6 is 33.9 Å². The lowest BCUT2D eigenvalue weighted by Crippen LogP contribution is -2.49. The largest absolute Gasteiger partial charge is 0.414 e. The van der Waals surface area contributed by atoms with Gasteiger partial charge in [-0.05, 0) is 83.8 Å². The number of nitrogens with zero attached hydrogens (tertiary/aromatic N) is 3. The number of rotatable bonds is 7. The molecular weight excluding hydrogens is 549 g/mol. The highest BCUT2D eigenvalue weighted by atomic mass is 127. The van der Waals surface area contributed by atoms with Gasteiger partial charge in [-0.3, -0.25) is 4.79 Å². The zero-order chi connectivity index (χ0) is 23.1. The second kappa shape index (κ2) is 9.50. The number of hydrogen-bond donors (Lipinski definition) is 0. The Morgan fingerprint density at radius 2 is 2.12 bits per heavy atom. The van der Waals surface area contributed by atoms with Crippen molar-refractivity contribution in [3.63, 3.8) is 0 Å². The molecule has 0 aromatic carbocycles. The summed E-state index contributed by atoms with van der Waals surface area (Å²) in [5.74, 6) is 0.833. The summed E-state index contributed by atoms with van der Waals surface area (Å²) in [6.07, 6.45) is 10.9. The first-order chi connectivity index (χ1) is 15.1. The van der Waals surface area contributed by atoms with Crippen molar-refractivity contribution in [1.82, 2.24) is 14.5 Å². The van der Waals surface area contributed by atoms with E-state index in [0.29, 0.717) is 17.9 Å². The van der Waals surface area contributed by atoms with Crippen molar-refractivity contribution in [3.8, 4) is 0 Å². The molecule has 0 aliphatic carbocycles. The van der Waals surface area contributed by atoms with E-state index in [2.05, 4.69) is 88.6 Å². The topological polar surface area (TPSA) is 47.4 Å². The molecule has 0 radical (unpaired) electrons. The van der Waals surface area contributed by atoms with Crippen molar-refractivity contribution < 1.29 is 9.22 Å². The van der Waals surface area contributed by atoms with Gasteiger partial charge in [-0.2, -0.15) is 0 Å². The Balaban J connectivity index is 1.63. The van der Waals surface area contributed by atoms with Crippen LogP contribution in [0.1, 0.15) is 63.8 Å². The SMILES string of the molecule is CC(C)(C)[Si](C)(C)O[C@@H](CC(c1sccc1I)n1ccnc1)[C@H]1CCN2C(=O)CC[C@H]2C1. The molecule has 1 amide bonds. The molecule has 4 atom stereocenters. The first-order valence-electron chi connectivity index (χ1n) is 11.7. The molecule has 2 aliphatic heterocycles. The molecule has 176 valence electrons. The molecule has 8 heteroatoms. The monoisotopic (exact) mass is 585 g/mol. The van der Waals surface area contributed by atoms with E-state index in [1.54, 1.807) is 0 Å². The van der Waals surface area contributed by atoms with Crippen LogP contribution in [0.25, 0.3) is 0 Å². The molecular formula is C24H36IN3O2SSi. The highest BCUT2D eigenvalue weighted by Gasteiger charge is 2.44. The molecule has 5 nitrogen and oxygen atoms in total. The van der Waals surface area contributed by atoms with Crippen LogP contribution in [0.4, 0.5) is 0 Å². The van der Waals surface area contributed by atoms with E-state index in [1.807, 2.05) is 23.9 Å². The summed E-state index contributed by atoms with van der Waals surface area (Å²) in [5, 5.41) is 2.35. The lowest BCUT2D eigenvalue weighted by molar-refractivity contribution is -0.130. The van der Waals surface area contributed by atoms with E-state index in [1.165, 1.54) is 8.45 Å². The van der Waals surface area contributed by atoms with Gasteiger partial charge in [-0.25, -0.2) is 4.98 Å². The summed E-state index contributed by atoms with van der Waals surface area (Å²) in [6.45, 7) is 12.6. The molecule has 1 unspecified atom stereocenters. The molecule has 2 aromatic rings. The van der Waals surface area contributed by atoms with Gasteiger partial charge in [-0.1, -0.05) is 20.8 Å². The van der Waals surface area contributed by atoms with Crippen LogP contribution in [0, 0.1) is 9.49 Å². The Morgan fingerprint density at radius 3 is 2.75 bits per heavy atom. The number of aromatic nitrogens is 2. The first-order valence-corrected chi connectivity index (χ1v) is 16.6. The van der Waals surface area contributed by atoms with Crippen molar-refractivity contribution in [1.29, 1.82) is 0 Å². The molecule has 2 saturated heterocycles. The minimum atomic E-state index is -1.95. The van der Waals surface area contributed by atoms with Crippen LogP contribution in [0.15, 0.2) is 30.2 Å². The van der Waals surface area contributed by atoms with Crippen molar-refractivity contribution >= 4 is 48.2 Å². The number of imidazole rings is 1. The summed E-state index contributed by atoms with van der Waals surface area (Å²) in [5.41, 5.74) is 0. The number of thiophene rings is 1. The van der Waals surface area contributed by atoms with Crippen molar-refractivity contribution in [2.24, 2.45) is 5.92 Å². The highest BCUT2D eigenvalue weighted by molar-refractivity contribution is 14.1. The Bertz CT molecular complexity index is 924. The van der Waals surface area contributed by atoms with E-state index >= 15 is 0 Å². The third kappa shape index (κ3) is 5.03. The number of fused-ring (bicyclic) bond motifs is 1. The van der Waals surface area contributed by atoms with E-state index < -0.39 is 8.32 Å². The van der Waals surface area contributed by atoms with E-state index in [4.69, 9.17) is 4.43 Å². The van der Waals surface area contributed by atoms with Crippen LogP contribution in [-0.4, -0.2) is 47.4 Å². The van der Waals surface area contributed by atoms with Crippen LogP contribution in [-0.2, 0) is 9.22 Å². The molecule has 2 fully saturated rings. The van der Waals surface area contributed by atoms with Gasteiger partial charge in [0.1, 0.15) is 0 Å². The average Bonchev–Trinajstić information content (AvgIpc) is 3.46. The van der Waals surface area contributed by atoms with Gasteiger partial charge in [0.05, 0.1) is 18.5 Å².